The van der Waals surface area contributed by atoms with Crippen LogP contribution in [0.2, 0.25) is 0 Å². The zero-order valence-electron chi connectivity index (χ0n) is 12.3. The number of benzene rings is 2. The molecule has 0 amide bonds. The van der Waals surface area contributed by atoms with Crippen molar-refractivity contribution in [2.24, 2.45) is 0 Å². The lowest BCUT2D eigenvalue weighted by Gasteiger charge is -1.99. The van der Waals surface area contributed by atoms with Gasteiger partial charge in [0, 0.05) is 27.6 Å². The number of carbonyl (C=O) groups excluding carboxylic acids is 1. The number of allylic oxidation sites excluding steroid dienone is 1. The molecular weight excluding hydrogens is 352 g/mol. The smallest absolute Gasteiger partial charge is 0.189 e. The van der Waals surface area contributed by atoms with E-state index in [0.717, 1.165) is 32.5 Å². The van der Waals surface area contributed by atoms with Gasteiger partial charge in [0.15, 0.2) is 5.78 Å². The molecule has 0 aliphatic heterocycles. The van der Waals surface area contributed by atoms with Gasteiger partial charge in [-0.2, -0.15) is 0 Å². The molecule has 0 saturated heterocycles. The Labute approximate surface area is 142 Å². The molecule has 3 aromatic rings. The maximum atomic E-state index is 12.4. The van der Waals surface area contributed by atoms with Crippen LogP contribution in [0.1, 0.15) is 21.7 Å². The monoisotopic (exact) mass is 364 g/mol. The van der Waals surface area contributed by atoms with Crippen LogP contribution >= 0.6 is 15.9 Å². The highest BCUT2D eigenvalue weighted by Crippen LogP contribution is 2.32. The van der Waals surface area contributed by atoms with E-state index in [1.165, 1.54) is 0 Å². The van der Waals surface area contributed by atoms with Crippen LogP contribution in [-0.4, -0.2) is 5.78 Å². The first-order valence-corrected chi connectivity index (χ1v) is 8.19. The van der Waals surface area contributed by atoms with Gasteiger partial charge in [0.25, 0.3) is 0 Å². The van der Waals surface area contributed by atoms with E-state index in [0.29, 0.717) is 12.2 Å². The topological polar surface area (TPSA) is 30.2 Å². The van der Waals surface area contributed by atoms with Crippen molar-refractivity contribution in [1.82, 2.24) is 0 Å². The van der Waals surface area contributed by atoms with Gasteiger partial charge >= 0.3 is 0 Å². The molecule has 1 heterocycles. The minimum absolute atomic E-state index is 0.0967. The Morgan fingerprint density at radius 2 is 1.65 bits per heavy atom. The molecule has 23 heavy (non-hydrogen) atoms. The van der Waals surface area contributed by atoms with E-state index in [4.69, 9.17) is 4.42 Å². The van der Waals surface area contributed by atoms with Crippen LogP contribution in [0, 0.1) is 0 Å². The number of hydrogen-bond acceptors (Lipinski definition) is 2. The third kappa shape index (κ3) is 2.57. The summed E-state index contributed by atoms with van der Waals surface area (Å²) >= 11 is 3.53. The second kappa shape index (κ2) is 5.67. The zero-order chi connectivity index (χ0) is 15.8. The molecule has 1 aromatic heterocycles. The van der Waals surface area contributed by atoms with Crippen molar-refractivity contribution in [2.75, 3.05) is 0 Å². The van der Waals surface area contributed by atoms with Gasteiger partial charge < -0.3 is 4.42 Å². The molecule has 112 valence electrons. The molecule has 0 fully saturated rings. The highest BCUT2D eigenvalue weighted by Gasteiger charge is 2.24. The molecular formula is C20H13BrO2. The van der Waals surface area contributed by atoms with Gasteiger partial charge in [0.2, 0.25) is 0 Å². The van der Waals surface area contributed by atoms with E-state index in [9.17, 15) is 4.79 Å². The van der Waals surface area contributed by atoms with E-state index in [2.05, 4.69) is 15.9 Å². The molecule has 0 spiro atoms. The lowest BCUT2D eigenvalue weighted by Crippen LogP contribution is -1.94. The van der Waals surface area contributed by atoms with E-state index in [1.807, 2.05) is 66.7 Å². The zero-order valence-corrected chi connectivity index (χ0v) is 13.8. The van der Waals surface area contributed by atoms with Crippen molar-refractivity contribution < 1.29 is 9.21 Å². The fourth-order valence-electron chi connectivity index (χ4n) is 2.88. The minimum Gasteiger partial charge on any atom is -0.457 e. The Hall–Kier alpha value is -2.39. The van der Waals surface area contributed by atoms with Gasteiger partial charge in [-0.05, 0) is 29.8 Å². The van der Waals surface area contributed by atoms with Gasteiger partial charge in [-0.25, -0.2) is 0 Å². The molecule has 0 atom stereocenters. The Kier molecular flexibility index (Phi) is 3.50. The molecule has 1 aliphatic rings. The molecule has 4 rings (SSSR count). The molecule has 0 bridgehead atoms. The van der Waals surface area contributed by atoms with Crippen LogP contribution in [-0.2, 0) is 6.42 Å². The largest absolute Gasteiger partial charge is 0.457 e. The summed E-state index contributed by atoms with van der Waals surface area (Å²) in [5.41, 5.74) is 3.66. The van der Waals surface area contributed by atoms with Crippen molar-refractivity contribution >= 4 is 27.8 Å². The fraction of sp³-hybridized carbons (Fsp3) is 0.0500. The molecule has 0 N–H and O–H groups in total. The van der Waals surface area contributed by atoms with Crippen molar-refractivity contribution in [3.8, 4) is 11.3 Å². The first-order valence-electron chi connectivity index (χ1n) is 7.40. The van der Waals surface area contributed by atoms with E-state index in [1.54, 1.807) is 0 Å². The van der Waals surface area contributed by atoms with Crippen LogP contribution in [0.3, 0.4) is 0 Å². The lowest BCUT2D eigenvalue weighted by atomic mass is 10.1. The Morgan fingerprint density at radius 1 is 0.913 bits per heavy atom. The first-order chi connectivity index (χ1) is 11.2. The number of furan rings is 1. The standard InChI is InChI=1S/C20H13BrO2/c21-18-8-4-3-7-17(18)19-10-9-15(23-19)12-14-11-13-5-1-2-6-16(13)20(14)22/h1-10,12H,11H2/b14-12+. The van der Waals surface area contributed by atoms with Crippen LogP contribution in [0.15, 0.2) is 75.1 Å². The van der Waals surface area contributed by atoms with E-state index < -0.39 is 0 Å². The third-order valence-electron chi connectivity index (χ3n) is 4.02. The van der Waals surface area contributed by atoms with Crippen molar-refractivity contribution in [2.45, 2.75) is 6.42 Å². The minimum atomic E-state index is 0.0967. The van der Waals surface area contributed by atoms with E-state index >= 15 is 0 Å². The summed E-state index contributed by atoms with van der Waals surface area (Å²) in [5, 5.41) is 0. The Morgan fingerprint density at radius 3 is 2.43 bits per heavy atom. The van der Waals surface area contributed by atoms with Crippen molar-refractivity contribution in [3.05, 3.63) is 87.6 Å². The SMILES string of the molecule is O=C1/C(=C/c2ccc(-c3ccccc3Br)o2)Cc2ccccc21. The highest BCUT2D eigenvalue weighted by molar-refractivity contribution is 9.10. The molecule has 2 nitrogen and oxygen atoms in total. The second-order valence-corrected chi connectivity index (χ2v) is 6.37. The maximum Gasteiger partial charge on any atom is 0.189 e. The van der Waals surface area contributed by atoms with Crippen LogP contribution in [0.4, 0.5) is 0 Å². The summed E-state index contributed by atoms with van der Waals surface area (Å²) < 4.78 is 6.89. The molecule has 2 aromatic carbocycles. The summed E-state index contributed by atoms with van der Waals surface area (Å²) in [7, 11) is 0. The predicted molar refractivity (Wildman–Crippen MR) is 94.3 cm³/mol. The molecule has 3 heteroatoms. The van der Waals surface area contributed by atoms with Gasteiger partial charge in [-0.15, -0.1) is 0 Å². The van der Waals surface area contributed by atoms with Crippen molar-refractivity contribution in [3.63, 3.8) is 0 Å². The molecule has 0 unspecified atom stereocenters. The number of carbonyl (C=O) groups is 1. The predicted octanol–water partition coefficient (Wildman–Crippen LogP) is 5.53. The summed E-state index contributed by atoms with van der Waals surface area (Å²) in [6.07, 6.45) is 2.52. The number of halogens is 1. The van der Waals surface area contributed by atoms with Gasteiger partial charge in [-0.1, -0.05) is 58.4 Å². The number of fused-ring (bicyclic) bond motifs is 1. The summed E-state index contributed by atoms with van der Waals surface area (Å²) in [5.74, 6) is 1.58. The molecule has 0 radical (unpaired) electrons. The number of Topliss-reactive ketones (excluding diaryl/α,β-unsaturated/α-hetero) is 1. The van der Waals surface area contributed by atoms with Gasteiger partial charge in [0.05, 0.1) is 0 Å². The van der Waals surface area contributed by atoms with Gasteiger partial charge in [-0.3, -0.25) is 4.79 Å². The van der Waals surface area contributed by atoms with Crippen LogP contribution < -0.4 is 0 Å². The highest BCUT2D eigenvalue weighted by atomic mass is 79.9. The Balaban J connectivity index is 1.67. The second-order valence-electron chi connectivity index (χ2n) is 5.51. The summed E-state index contributed by atoms with van der Waals surface area (Å²) in [6.45, 7) is 0. The quantitative estimate of drug-likeness (QED) is 0.559. The lowest BCUT2D eigenvalue weighted by molar-refractivity contribution is 0.104. The van der Waals surface area contributed by atoms with Crippen molar-refractivity contribution in [1.29, 1.82) is 0 Å². The van der Waals surface area contributed by atoms with Crippen LogP contribution in [0.25, 0.3) is 17.4 Å². The fourth-order valence-corrected chi connectivity index (χ4v) is 3.36. The Bertz CT molecular complexity index is 934. The average Bonchev–Trinajstić information content (AvgIpc) is 3.14. The molecule has 0 saturated carbocycles. The average molecular weight is 365 g/mol. The van der Waals surface area contributed by atoms with Gasteiger partial charge in [0.1, 0.15) is 11.5 Å². The summed E-state index contributed by atoms with van der Waals surface area (Å²) in [4.78, 5) is 12.4. The number of ketones is 1. The van der Waals surface area contributed by atoms with Crippen LogP contribution in [0.5, 0.6) is 0 Å². The number of hydrogen-bond donors (Lipinski definition) is 0. The normalized spacial score (nSPS) is 15.2. The molecule has 1 aliphatic carbocycles. The summed E-state index contributed by atoms with van der Waals surface area (Å²) in [6, 6.07) is 19.5. The number of rotatable bonds is 2. The first kappa shape index (κ1) is 14.2. The third-order valence-corrected chi connectivity index (χ3v) is 4.71. The maximum absolute atomic E-state index is 12.4. The van der Waals surface area contributed by atoms with E-state index in [-0.39, 0.29) is 5.78 Å².